The van der Waals surface area contributed by atoms with E-state index in [1.54, 1.807) is 0 Å². The number of likely N-dealkylation sites (tertiary alicyclic amines) is 1. The highest BCUT2D eigenvalue weighted by Gasteiger charge is 2.35. The van der Waals surface area contributed by atoms with E-state index in [0.717, 1.165) is 24.0 Å². The number of hydrogen-bond donors (Lipinski definition) is 1. The van der Waals surface area contributed by atoms with E-state index in [2.05, 4.69) is 15.1 Å². The zero-order valence-electron chi connectivity index (χ0n) is 12.9. The van der Waals surface area contributed by atoms with E-state index >= 15 is 0 Å². The van der Waals surface area contributed by atoms with Crippen LogP contribution in [0.2, 0.25) is 0 Å². The van der Waals surface area contributed by atoms with Crippen molar-refractivity contribution in [1.29, 1.82) is 0 Å². The van der Waals surface area contributed by atoms with Crippen LogP contribution >= 0.6 is 0 Å². The first-order valence-corrected chi connectivity index (χ1v) is 9.10. The molecule has 0 aromatic heterocycles. The molecule has 3 heterocycles. The average Bonchev–Trinajstić information content (AvgIpc) is 3.21. The topological polar surface area (TPSA) is 18.5 Å². The van der Waals surface area contributed by atoms with Crippen LogP contribution in [0.15, 0.2) is 0 Å². The van der Waals surface area contributed by atoms with Gasteiger partial charge in [-0.05, 0) is 90.0 Å². The van der Waals surface area contributed by atoms with Crippen LogP contribution in [0.25, 0.3) is 0 Å². The Morgan fingerprint density at radius 2 is 1.45 bits per heavy atom. The van der Waals surface area contributed by atoms with E-state index in [1.807, 2.05) is 0 Å². The Balaban J connectivity index is 1.22. The minimum Gasteiger partial charge on any atom is -0.314 e. The summed E-state index contributed by atoms with van der Waals surface area (Å²) in [6.45, 7) is 6.74. The molecule has 2 unspecified atom stereocenters. The summed E-state index contributed by atoms with van der Waals surface area (Å²) >= 11 is 0. The number of rotatable bonds is 4. The maximum atomic E-state index is 3.81. The minimum absolute atomic E-state index is 0.818. The van der Waals surface area contributed by atoms with Crippen LogP contribution in [0.3, 0.4) is 0 Å². The first-order chi connectivity index (χ1) is 9.88. The molecular formula is C17H31N3. The predicted molar refractivity (Wildman–Crippen MR) is 82.9 cm³/mol. The second kappa shape index (κ2) is 5.94. The molecule has 0 aromatic carbocycles. The standard InChI is InChI=1S/C17H31N3/c1-2-16-12-17(7-11-19(16)8-1)20-9-5-15(6-10-20)18-13-14-3-4-14/h14-18H,1-13H2. The summed E-state index contributed by atoms with van der Waals surface area (Å²) in [7, 11) is 0. The van der Waals surface area contributed by atoms with Crippen molar-refractivity contribution in [2.45, 2.75) is 69.5 Å². The molecule has 4 aliphatic rings. The summed E-state index contributed by atoms with van der Waals surface area (Å²) in [5, 5.41) is 3.81. The first kappa shape index (κ1) is 13.5. The van der Waals surface area contributed by atoms with Crippen LogP contribution in [0.5, 0.6) is 0 Å². The van der Waals surface area contributed by atoms with Gasteiger partial charge in [-0.25, -0.2) is 0 Å². The van der Waals surface area contributed by atoms with Crippen LogP contribution in [0.4, 0.5) is 0 Å². The molecule has 2 atom stereocenters. The molecular weight excluding hydrogens is 246 g/mol. The van der Waals surface area contributed by atoms with E-state index in [4.69, 9.17) is 0 Å². The summed E-state index contributed by atoms with van der Waals surface area (Å²) in [5.74, 6) is 1.03. The summed E-state index contributed by atoms with van der Waals surface area (Å²) < 4.78 is 0. The van der Waals surface area contributed by atoms with Crippen LogP contribution < -0.4 is 5.32 Å². The Morgan fingerprint density at radius 3 is 2.25 bits per heavy atom. The second-order valence-electron chi connectivity index (χ2n) is 7.67. The molecule has 4 rings (SSSR count). The van der Waals surface area contributed by atoms with Crippen LogP contribution in [0.1, 0.15) is 51.4 Å². The van der Waals surface area contributed by atoms with Gasteiger partial charge < -0.3 is 15.1 Å². The van der Waals surface area contributed by atoms with Gasteiger partial charge in [0.1, 0.15) is 0 Å². The van der Waals surface area contributed by atoms with Gasteiger partial charge >= 0.3 is 0 Å². The maximum absolute atomic E-state index is 3.81. The largest absolute Gasteiger partial charge is 0.314 e. The molecule has 0 radical (unpaired) electrons. The van der Waals surface area contributed by atoms with Crippen molar-refractivity contribution < 1.29 is 0 Å². The monoisotopic (exact) mass is 277 g/mol. The number of fused-ring (bicyclic) bond motifs is 1. The molecule has 4 fully saturated rings. The molecule has 3 nitrogen and oxygen atoms in total. The average molecular weight is 277 g/mol. The SMILES string of the molecule is C1CC2CC(N3CCC(NCC4CC4)CC3)CCN2C1. The van der Waals surface area contributed by atoms with Gasteiger partial charge in [-0.2, -0.15) is 0 Å². The van der Waals surface area contributed by atoms with Gasteiger partial charge in [-0.15, -0.1) is 0 Å². The van der Waals surface area contributed by atoms with Gasteiger partial charge in [0.15, 0.2) is 0 Å². The molecule has 20 heavy (non-hydrogen) atoms. The molecule has 1 saturated carbocycles. The molecule has 3 aliphatic heterocycles. The number of nitrogens with one attached hydrogen (secondary N) is 1. The van der Waals surface area contributed by atoms with Gasteiger partial charge in [0.25, 0.3) is 0 Å². The number of hydrogen-bond acceptors (Lipinski definition) is 3. The van der Waals surface area contributed by atoms with Crippen molar-refractivity contribution >= 4 is 0 Å². The van der Waals surface area contributed by atoms with Gasteiger partial charge in [0.05, 0.1) is 0 Å². The van der Waals surface area contributed by atoms with E-state index < -0.39 is 0 Å². The molecule has 0 aromatic rings. The lowest BCUT2D eigenvalue weighted by Gasteiger charge is -2.43. The Morgan fingerprint density at radius 1 is 0.750 bits per heavy atom. The first-order valence-electron chi connectivity index (χ1n) is 9.10. The molecule has 1 aliphatic carbocycles. The minimum atomic E-state index is 0.818. The fourth-order valence-electron chi connectivity index (χ4n) is 4.66. The van der Waals surface area contributed by atoms with Crippen molar-refractivity contribution in [2.24, 2.45) is 5.92 Å². The summed E-state index contributed by atoms with van der Waals surface area (Å²) in [5.41, 5.74) is 0. The van der Waals surface area contributed by atoms with Gasteiger partial charge in [0.2, 0.25) is 0 Å². The fourth-order valence-corrected chi connectivity index (χ4v) is 4.66. The highest BCUT2D eigenvalue weighted by Crippen LogP contribution is 2.31. The molecule has 3 saturated heterocycles. The lowest BCUT2D eigenvalue weighted by atomic mass is 9.93. The van der Waals surface area contributed by atoms with E-state index in [0.29, 0.717) is 0 Å². The summed E-state index contributed by atoms with van der Waals surface area (Å²) in [6, 6.07) is 2.65. The van der Waals surface area contributed by atoms with Crippen molar-refractivity contribution in [2.75, 3.05) is 32.7 Å². The zero-order valence-corrected chi connectivity index (χ0v) is 12.9. The Labute approximate surface area is 124 Å². The Bertz CT molecular complexity index is 320. The molecule has 3 heteroatoms. The van der Waals surface area contributed by atoms with E-state index in [-0.39, 0.29) is 0 Å². The molecule has 1 N–H and O–H groups in total. The fraction of sp³-hybridized carbons (Fsp3) is 1.00. The number of nitrogens with zero attached hydrogens (tertiary/aromatic N) is 2. The van der Waals surface area contributed by atoms with Crippen LogP contribution in [-0.2, 0) is 0 Å². The van der Waals surface area contributed by atoms with Crippen molar-refractivity contribution in [3.05, 3.63) is 0 Å². The third-order valence-corrected chi connectivity index (χ3v) is 6.23. The summed E-state index contributed by atoms with van der Waals surface area (Å²) in [6.07, 6.45) is 11.5. The Kier molecular flexibility index (Phi) is 4.02. The van der Waals surface area contributed by atoms with Gasteiger partial charge in [0, 0.05) is 18.1 Å². The summed E-state index contributed by atoms with van der Waals surface area (Å²) in [4.78, 5) is 5.57. The van der Waals surface area contributed by atoms with Crippen LogP contribution in [0, 0.1) is 5.92 Å². The van der Waals surface area contributed by atoms with Gasteiger partial charge in [-0.3, -0.25) is 0 Å². The maximum Gasteiger partial charge on any atom is 0.0122 e. The van der Waals surface area contributed by atoms with Gasteiger partial charge in [-0.1, -0.05) is 0 Å². The third kappa shape index (κ3) is 3.05. The smallest absolute Gasteiger partial charge is 0.0122 e. The molecule has 0 bridgehead atoms. The normalized spacial score (nSPS) is 37.2. The van der Waals surface area contributed by atoms with Crippen LogP contribution in [-0.4, -0.2) is 60.6 Å². The highest BCUT2D eigenvalue weighted by molar-refractivity contribution is 4.92. The van der Waals surface area contributed by atoms with Crippen molar-refractivity contribution in [3.63, 3.8) is 0 Å². The van der Waals surface area contributed by atoms with E-state index in [1.165, 1.54) is 84.1 Å². The predicted octanol–water partition coefficient (Wildman–Crippen LogP) is 2.08. The number of piperidine rings is 2. The second-order valence-corrected chi connectivity index (χ2v) is 7.67. The Hall–Kier alpha value is -0.120. The third-order valence-electron chi connectivity index (χ3n) is 6.23. The van der Waals surface area contributed by atoms with Crippen molar-refractivity contribution in [1.82, 2.24) is 15.1 Å². The molecule has 0 amide bonds. The molecule has 114 valence electrons. The zero-order chi connectivity index (χ0) is 13.4. The quantitative estimate of drug-likeness (QED) is 0.849. The highest BCUT2D eigenvalue weighted by atomic mass is 15.2. The van der Waals surface area contributed by atoms with E-state index in [9.17, 15) is 0 Å². The van der Waals surface area contributed by atoms with Crippen molar-refractivity contribution in [3.8, 4) is 0 Å². The lowest BCUT2D eigenvalue weighted by Crippen LogP contribution is -2.52. The lowest BCUT2D eigenvalue weighted by molar-refractivity contribution is 0.0673. The molecule has 0 spiro atoms.